The summed E-state index contributed by atoms with van der Waals surface area (Å²) < 4.78 is 2.31. The zero-order valence-electron chi connectivity index (χ0n) is 16.4. The average Bonchev–Trinajstić information content (AvgIpc) is 3.04. The second kappa shape index (κ2) is 7.84. The molecule has 1 aliphatic carbocycles. The van der Waals surface area contributed by atoms with Gasteiger partial charge in [-0.05, 0) is 49.1 Å². The van der Waals surface area contributed by atoms with E-state index in [0.29, 0.717) is 23.8 Å². The maximum absolute atomic E-state index is 13.2. The molecule has 0 saturated heterocycles. The molecule has 25 heavy (non-hydrogen) atoms. The molecule has 2 heterocycles. The van der Waals surface area contributed by atoms with Gasteiger partial charge in [-0.2, -0.15) is 0 Å². The number of fused-ring (bicyclic) bond motifs is 1. The maximum Gasteiger partial charge on any atom is 0.318 e. The highest BCUT2D eigenvalue weighted by molar-refractivity contribution is 5.75. The summed E-state index contributed by atoms with van der Waals surface area (Å²) in [6.45, 7) is 10.8. The highest BCUT2D eigenvalue weighted by Crippen LogP contribution is 2.35. The van der Waals surface area contributed by atoms with Crippen molar-refractivity contribution in [3.63, 3.8) is 0 Å². The molecule has 2 aliphatic rings. The maximum atomic E-state index is 13.2. The molecule has 1 aromatic rings. The van der Waals surface area contributed by atoms with Gasteiger partial charge < -0.3 is 14.8 Å². The number of rotatable bonds is 4. The van der Waals surface area contributed by atoms with Gasteiger partial charge in [0.05, 0.1) is 6.04 Å². The monoisotopic (exact) mass is 345 g/mol. The molecule has 0 aromatic carbocycles. The quantitative estimate of drug-likeness (QED) is 0.835. The molecule has 0 bridgehead atoms. The SMILES string of the molecule is CCCC1c2cccn2CCN1C(=O)N[C@@H]1C[C@H](C)CC[C@H]1C(C)C. The first kappa shape index (κ1) is 18.3. The first-order chi connectivity index (χ1) is 12.0. The smallest absolute Gasteiger partial charge is 0.318 e. The Kier molecular flexibility index (Phi) is 5.75. The molecule has 4 nitrogen and oxygen atoms in total. The minimum Gasteiger partial charge on any atom is -0.348 e. The van der Waals surface area contributed by atoms with Crippen LogP contribution >= 0.6 is 0 Å². The number of hydrogen-bond donors (Lipinski definition) is 1. The van der Waals surface area contributed by atoms with E-state index in [-0.39, 0.29) is 12.1 Å². The molecule has 1 saturated carbocycles. The molecule has 2 amide bonds. The van der Waals surface area contributed by atoms with Gasteiger partial charge in [0.15, 0.2) is 0 Å². The zero-order chi connectivity index (χ0) is 18.0. The lowest BCUT2D eigenvalue weighted by Gasteiger charge is -2.41. The summed E-state index contributed by atoms with van der Waals surface area (Å²) in [7, 11) is 0. The molecule has 0 spiro atoms. The Morgan fingerprint density at radius 1 is 1.32 bits per heavy atom. The summed E-state index contributed by atoms with van der Waals surface area (Å²) in [6.07, 6.45) is 7.93. The largest absolute Gasteiger partial charge is 0.348 e. The minimum absolute atomic E-state index is 0.149. The Hall–Kier alpha value is -1.45. The van der Waals surface area contributed by atoms with Crippen molar-refractivity contribution in [1.82, 2.24) is 14.8 Å². The lowest BCUT2D eigenvalue weighted by atomic mass is 9.74. The van der Waals surface area contributed by atoms with Gasteiger partial charge in [-0.1, -0.05) is 40.5 Å². The van der Waals surface area contributed by atoms with Crippen LogP contribution in [0.3, 0.4) is 0 Å². The molecule has 1 aliphatic heterocycles. The van der Waals surface area contributed by atoms with Crippen LogP contribution in [0, 0.1) is 17.8 Å². The lowest BCUT2D eigenvalue weighted by Crippen LogP contribution is -2.53. The summed E-state index contributed by atoms with van der Waals surface area (Å²) in [5, 5.41) is 3.44. The number of nitrogens with zero attached hydrogens (tertiary/aromatic N) is 2. The van der Waals surface area contributed by atoms with Crippen LogP contribution in [0.2, 0.25) is 0 Å². The third kappa shape index (κ3) is 3.88. The summed E-state index contributed by atoms with van der Waals surface area (Å²) in [4.78, 5) is 15.3. The van der Waals surface area contributed by atoms with Crippen molar-refractivity contribution in [1.29, 1.82) is 0 Å². The molecule has 0 radical (unpaired) electrons. The topological polar surface area (TPSA) is 37.3 Å². The highest BCUT2D eigenvalue weighted by Gasteiger charge is 2.35. The molecule has 3 rings (SSSR count). The Bertz CT molecular complexity index is 579. The number of amides is 2. The number of carbonyl (C=O) groups excluding carboxylic acids is 1. The Morgan fingerprint density at radius 3 is 2.84 bits per heavy atom. The summed E-state index contributed by atoms with van der Waals surface area (Å²) in [6, 6.07) is 4.98. The van der Waals surface area contributed by atoms with E-state index in [4.69, 9.17) is 0 Å². The molecule has 140 valence electrons. The van der Waals surface area contributed by atoms with E-state index in [1.807, 2.05) is 0 Å². The third-order valence-electron chi connectivity index (χ3n) is 6.32. The van der Waals surface area contributed by atoms with Gasteiger partial charge in [0.25, 0.3) is 0 Å². The normalized spacial score (nSPS) is 29.6. The van der Waals surface area contributed by atoms with Crippen molar-refractivity contribution in [2.24, 2.45) is 17.8 Å². The number of hydrogen-bond acceptors (Lipinski definition) is 1. The second-order valence-corrected chi connectivity index (χ2v) is 8.51. The van der Waals surface area contributed by atoms with E-state index < -0.39 is 0 Å². The van der Waals surface area contributed by atoms with E-state index in [1.165, 1.54) is 18.5 Å². The number of carbonyl (C=O) groups is 1. The van der Waals surface area contributed by atoms with Crippen LogP contribution in [-0.4, -0.2) is 28.1 Å². The Labute approximate surface area is 153 Å². The van der Waals surface area contributed by atoms with Crippen LogP contribution in [0.4, 0.5) is 4.79 Å². The number of nitrogens with one attached hydrogen (secondary N) is 1. The molecule has 4 atom stereocenters. The van der Waals surface area contributed by atoms with Gasteiger partial charge in [-0.3, -0.25) is 0 Å². The Morgan fingerprint density at radius 2 is 2.12 bits per heavy atom. The highest BCUT2D eigenvalue weighted by atomic mass is 16.2. The first-order valence-corrected chi connectivity index (χ1v) is 10.2. The predicted molar refractivity (Wildman–Crippen MR) is 102 cm³/mol. The van der Waals surface area contributed by atoms with Crippen LogP contribution in [0.1, 0.15) is 71.5 Å². The van der Waals surface area contributed by atoms with E-state index in [1.54, 1.807) is 0 Å². The van der Waals surface area contributed by atoms with E-state index in [9.17, 15) is 4.79 Å². The predicted octanol–water partition coefficient (Wildman–Crippen LogP) is 4.82. The molecule has 4 heteroatoms. The van der Waals surface area contributed by atoms with Crippen molar-refractivity contribution in [2.45, 2.75) is 78.4 Å². The fourth-order valence-electron chi connectivity index (χ4n) is 4.89. The molecular weight excluding hydrogens is 310 g/mol. The van der Waals surface area contributed by atoms with Gasteiger partial charge in [0, 0.05) is 31.0 Å². The van der Waals surface area contributed by atoms with Gasteiger partial charge in [-0.25, -0.2) is 4.79 Å². The van der Waals surface area contributed by atoms with Crippen LogP contribution in [0.25, 0.3) is 0 Å². The number of urea groups is 1. The molecule has 1 unspecified atom stereocenters. The standard InChI is InChI=1S/C21H35N3O/c1-5-7-20-19-8-6-11-23(19)12-13-24(20)21(25)22-18-14-16(4)9-10-17(18)15(2)3/h6,8,11,15-18,20H,5,7,9-10,12-14H2,1-4H3,(H,22,25)/t16-,17+,18-,20?/m1/s1. The van der Waals surface area contributed by atoms with Crippen molar-refractivity contribution in [2.75, 3.05) is 6.54 Å². The Balaban J connectivity index is 1.73. The molecular formula is C21H35N3O. The van der Waals surface area contributed by atoms with Crippen molar-refractivity contribution < 1.29 is 4.79 Å². The fraction of sp³-hybridized carbons (Fsp3) is 0.762. The minimum atomic E-state index is 0.149. The molecule has 1 N–H and O–H groups in total. The summed E-state index contributed by atoms with van der Waals surface area (Å²) >= 11 is 0. The van der Waals surface area contributed by atoms with Gasteiger partial charge >= 0.3 is 6.03 Å². The lowest BCUT2D eigenvalue weighted by molar-refractivity contribution is 0.126. The van der Waals surface area contributed by atoms with Crippen LogP contribution in [0.15, 0.2) is 18.3 Å². The van der Waals surface area contributed by atoms with Gasteiger partial charge in [0.2, 0.25) is 0 Å². The van der Waals surface area contributed by atoms with Gasteiger partial charge in [-0.15, -0.1) is 0 Å². The fourth-order valence-corrected chi connectivity index (χ4v) is 4.89. The molecule has 1 fully saturated rings. The van der Waals surface area contributed by atoms with Crippen molar-refractivity contribution in [3.05, 3.63) is 24.0 Å². The van der Waals surface area contributed by atoms with E-state index in [2.05, 4.69) is 60.8 Å². The average molecular weight is 346 g/mol. The summed E-state index contributed by atoms with van der Waals surface area (Å²) in [5.41, 5.74) is 1.29. The van der Waals surface area contributed by atoms with Crippen LogP contribution < -0.4 is 5.32 Å². The summed E-state index contributed by atoms with van der Waals surface area (Å²) in [5.74, 6) is 1.95. The van der Waals surface area contributed by atoms with Gasteiger partial charge in [0.1, 0.15) is 0 Å². The third-order valence-corrected chi connectivity index (χ3v) is 6.32. The first-order valence-electron chi connectivity index (χ1n) is 10.2. The van der Waals surface area contributed by atoms with Crippen LogP contribution in [-0.2, 0) is 6.54 Å². The van der Waals surface area contributed by atoms with Crippen molar-refractivity contribution in [3.8, 4) is 0 Å². The van der Waals surface area contributed by atoms with Crippen molar-refractivity contribution >= 4 is 6.03 Å². The van der Waals surface area contributed by atoms with E-state index in [0.717, 1.165) is 32.4 Å². The zero-order valence-corrected chi connectivity index (χ0v) is 16.4. The van der Waals surface area contributed by atoms with E-state index >= 15 is 0 Å². The van der Waals surface area contributed by atoms with Crippen LogP contribution in [0.5, 0.6) is 0 Å². The second-order valence-electron chi connectivity index (χ2n) is 8.51. The number of aromatic nitrogens is 1. The molecule has 1 aromatic heterocycles.